The van der Waals surface area contributed by atoms with Gasteiger partial charge in [-0.25, -0.2) is 9.78 Å². The number of nitrogens with zero attached hydrogens (tertiary/aromatic N) is 1. The third-order valence-electron chi connectivity index (χ3n) is 2.49. The predicted molar refractivity (Wildman–Crippen MR) is 53.8 cm³/mol. The summed E-state index contributed by atoms with van der Waals surface area (Å²) in [6, 6.07) is 3.23. The maximum Gasteiger partial charge on any atom is 0.339 e. The number of anilines is 1. The van der Waals surface area contributed by atoms with Crippen LogP contribution in [0, 0.1) is 0 Å². The first-order valence-corrected chi connectivity index (χ1v) is 4.79. The Kier molecular flexibility index (Phi) is 2.55. The molecule has 15 heavy (non-hydrogen) atoms. The van der Waals surface area contributed by atoms with Crippen LogP contribution in [0.2, 0.25) is 0 Å². The zero-order chi connectivity index (χ0) is 10.8. The van der Waals surface area contributed by atoms with E-state index in [4.69, 9.17) is 10.2 Å². The lowest BCUT2D eigenvalue weighted by Crippen LogP contribution is -2.39. The first-order valence-electron chi connectivity index (χ1n) is 4.79. The lowest BCUT2D eigenvalue weighted by Gasteiger charge is -2.32. The molecule has 2 rings (SSSR count). The van der Waals surface area contributed by atoms with Crippen molar-refractivity contribution >= 4 is 11.8 Å². The lowest BCUT2D eigenvalue weighted by molar-refractivity contribution is 0.0697. The summed E-state index contributed by atoms with van der Waals surface area (Å²) in [5.74, 6) is -0.618. The molecule has 1 saturated carbocycles. The third kappa shape index (κ3) is 2.07. The van der Waals surface area contributed by atoms with E-state index in [9.17, 15) is 4.79 Å². The van der Waals surface area contributed by atoms with Crippen molar-refractivity contribution in [1.29, 1.82) is 0 Å². The molecule has 0 unspecified atom stereocenters. The fraction of sp³-hybridized carbons (Fsp3) is 0.400. The summed E-state index contributed by atoms with van der Waals surface area (Å²) in [6.07, 6.45) is 2.58. The minimum atomic E-state index is -0.995. The second-order valence-electron chi connectivity index (χ2n) is 3.67. The summed E-state index contributed by atoms with van der Waals surface area (Å²) in [6.45, 7) is 0. The van der Waals surface area contributed by atoms with Crippen molar-refractivity contribution in [3.05, 3.63) is 23.9 Å². The van der Waals surface area contributed by atoms with Crippen LogP contribution in [0.15, 0.2) is 18.3 Å². The second kappa shape index (κ2) is 3.86. The Labute approximate surface area is 86.8 Å². The van der Waals surface area contributed by atoms with Gasteiger partial charge in [0.2, 0.25) is 0 Å². The molecule has 0 radical (unpaired) electrons. The highest BCUT2D eigenvalue weighted by atomic mass is 16.4. The molecule has 1 aromatic rings. The highest BCUT2D eigenvalue weighted by Crippen LogP contribution is 2.24. The quantitative estimate of drug-likeness (QED) is 0.681. The van der Waals surface area contributed by atoms with Crippen molar-refractivity contribution in [2.75, 3.05) is 5.32 Å². The average molecular weight is 208 g/mol. The maximum atomic E-state index is 10.8. The average Bonchev–Trinajstić information content (AvgIpc) is 2.16. The Morgan fingerprint density at radius 1 is 1.53 bits per heavy atom. The van der Waals surface area contributed by atoms with Crippen LogP contribution in [0.25, 0.3) is 0 Å². The normalized spacial score (nSPS) is 24.3. The molecule has 0 saturated heterocycles. The van der Waals surface area contributed by atoms with Gasteiger partial charge in [0, 0.05) is 12.2 Å². The highest BCUT2D eigenvalue weighted by Gasteiger charge is 2.28. The predicted octanol–water partition coefficient (Wildman–Crippen LogP) is 0.715. The van der Waals surface area contributed by atoms with E-state index in [2.05, 4.69) is 10.3 Å². The van der Waals surface area contributed by atoms with Gasteiger partial charge in [0.15, 0.2) is 0 Å². The molecule has 1 heterocycles. The van der Waals surface area contributed by atoms with E-state index in [1.165, 1.54) is 6.07 Å². The van der Waals surface area contributed by atoms with Crippen molar-refractivity contribution in [2.24, 2.45) is 0 Å². The molecular formula is C10H12N2O3. The number of carbonyl (C=O) groups is 1. The molecule has 0 amide bonds. The van der Waals surface area contributed by atoms with Crippen LogP contribution in [0.1, 0.15) is 23.2 Å². The van der Waals surface area contributed by atoms with Gasteiger partial charge in [0.05, 0.1) is 6.10 Å². The number of aromatic nitrogens is 1. The summed E-state index contributed by atoms with van der Waals surface area (Å²) in [5.41, 5.74) is 0.166. The van der Waals surface area contributed by atoms with Gasteiger partial charge >= 0.3 is 5.97 Å². The number of carboxylic acids is 1. The number of carboxylic acid groups (broad SMARTS) is 1. The zero-order valence-corrected chi connectivity index (χ0v) is 8.05. The summed E-state index contributed by atoms with van der Waals surface area (Å²) in [5, 5.41) is 21.0. The van der Waals surface area contributed by atoms with Crippen LogP contribution in [-0.4, -0.2) is 33.3 Å². The first kappa shape index (κ1) is 9.92. The third-order valence-corrected chi connectivity index (χ3v) is 2.49. The molecule has 1 fully saturated rings. The van der Waals surface area contributed by atoms with Gasteiger partial charge in [0.25, 0.3) is 0 Å². The molecule has 1 aliphatic carbocycles. The Morgan fingerprint density at radius 3 is 2.87 bits per heavy atom. The summed E-state index contributed by atoms with van der Waals surface area (Å²) in [4.78, 5) is 14.8. The standard InChI is InChI=1S/C10H12N2O3/c13-7-4-6(5-7)12-9-8(10(14)15)2-1-3-11-9/h1-3,6-7,13H,4-5H2,(H,11,12)(H,14,15). The fourth-order valence-corrected chi connectivity index (χ4v) is 1.59. The van der Waals surface area contributed by atoms with Crippen molar-refractivity contribution in [3.8, 4) is 0 Å². The van der Waals surface area contributed by atoms with Crippen LogP contribution in [0.4, 0.5) is 5.82 Å². The second-order valence-corrected chi connectivity index (χ2v) is 3.67. The molecule has 0 aliphatic heterocycles. The Bertz CT molecular complexity index is 375. The van der Waals surface area contributed by atoms with Gasteiger partial charge in [-0.1, -0.05) is 0 Å². The van der Waals surface area contributed by atoms with Gasteiger partial charge in [-0.3, -0.25) is 0 Å². The minimum Gasteiger partial charge on any atom is -0.478 e. The van der Waals surface area contributed by atoms with Crippen LogP contribution in [0.3, 0.4) is 0 Å². The number of aromatic carboxylic acids is 1. The maximum absolute atomic E-state index is 10.8. The molecule has 3 N–H and O–H groups in total. The van der Waals surface area contributed by atoms with Crippen molar-refractivity contribution in [3.63, 3.8) is 0 Å². The SMILES string of the molecule is O=C(O)c1cccnc1NC1CC(O)C1. The molecule has 80 valence electrons. The molecule has 1 aromatic heterocycles. The lowest BCUT2D eigenvalue weighted by atomic mass is 9.89. The van der Waals surface area contributed by atoms with Crippen LogP contribution >= 0.6 is 0 Å². The summed E-state index contributed by atoms with van der Waals surface area (Å²) in [7, 11) is 0. The molecular weight excluding hydrogens is 196 g/mol. The van der Waals surface area contributed by atoms with Crippen LogP contribution in [-0.2, 0) is 0 Å². The fourth-order valence-electron chi connectivity index (χ4n) is 1.59. The molecule has 0 spiro atoms. The largest absolute Gasteiger partial charge is 0.478 e. The molecule has 0 aromatic carbocycles. The number of aliphatic hydroxyl groups is 1. The number of pyridine rings is 1. The number of hydrogen-bond acceptors (Lipinski definition) is 4. The van der Waals surface area contributed by atoms with E-state index >= 15 is 0 Å². The van der Waals surface area contributed by atoms with Crippen molar-refractivity contribution in [1.82, 2.24) is 4.98 Å². The Hall–Kier alpha value is -1.62. The molecule has 5 heteroatoms. The van der Waals surface area contributed by atoms with Gasteiger partial charge in [-0.2, -0.15) is 0 Å². The van der Waals surface area contributed by atoms with Crippen molar-refractivity contribution in [2.45, 2.75) is 25.0 Å². The van der Waals surface area contributed by atoms with E-state index in [0.29, 0.717) is 18.7 Å². The van der Waals surface area contributed by atoms with E-state index < -0.39 is 5.97 Å². The number of hydrogen-bond donors (Lipinski definition) is 3. The monoisotopic (exact) mass is 208 g/mol. The number of aliphatic hydroxyl groups excluding tert-OH is 1. The van der Waals surface area contributed by atoms with Crippen LogP contribution < -0.4 is 5.32 Å². The summed E-state index contributed by atoms with van der Waals surface area (Å²) < 4.78 is 0. The zero-order valence-electron chi connectivity index (χ0n) is 8.05. The van der Waals surface area contributed by atoms with Crippen molar-refractivity contribution < 1.29 is 15.0 Å². The van der Waals surface area contributed by atoms with Gasteiger partial charge < -0.3 is 15.5 Å². The van der Waals surface area contributed by atoms with Crippen LogP contribution in [0.5, 0.6) is 0 Å². The first-order chi connectivity index (χ1) is 7.16. The van der Waals surface area contributed by atoms with E-state index in [0.717, 1.165) is 0 Å². The number of rotatable bonds is 3. The molecule has 0 atom stereocenters. The van der Waals surface area contributed by atoms with E-state index in [-0.39, 0.29) is 17.7 Å². The number of nitrogens with one attached hydrogen (secondary N) is 1. The Morgan fingerprint density at radius 2 is 2.27 bits per heavy atom. The van der Waals surface area contributed by atoms with Gasteiger partial charge in [0.1, 0.15) is 11.4 Å². The van der Waals surface area contributed by atoms with E-state index in [1.54, 1.807) is 12.3 Å². The van der Waals surface area contributed by atoms with Gasteiger partial charge in [-0.05, 0) is 25.0 Å². The Balaban J connectivity index is 2.10. The topological polar surface area (TPSA) is 82.5 Å². The highest BCUT2D eigenvalue weighted by molar-refractivity contribution is 5.93. The van der Waals surface area contributed by atoms with Gasteiger partial charge in [-0.15, -0.1) is 0 Å². The molecule has 1 aliphatic rings. The van der Waals surface area contributed by atoms with E-state index in [1.807, 2.05) is 0 Å². The molecule has 5 nitrogen and oxygen atoms in total. The summed E-state index contributed by atoms with van der Waals surface area (Å²) >= 11 is 0. The molecule has 0 bridgehead atoms. The smallest absolute Gasteiger partial charge is 0.339 e. The minimum absolute atomic E-state index is 0.132.